The fourth-order valence-electron chi connectivity index (χ4n) is 1.40. The van der Waals surface area contributed by atoms with Gasteiger partial charge in [0.15, 0.2) is 0 Å². The molecule has 1 aromatic heterocycles. The number of aromatic nitrogens is 2. The first-order valence-corrected chi connectivity index (χ1v) is 6.64. The summed E-state index contributed by atoms with van der Waals surface area (Å²) >= 11 is 22.6. The molecule has 0 saturated heterocycles. The van der Waals surface area contributed by atoms with Crippen molar-refractivity contribution < 1.29 is 0 Å². The number of hydrogen-bond acceptors (Lipinski definition) is 4. The zero-order chi connectivity index (χ0) is 14.9. The van der Waals surface area contributed by atoms with Gasteiger partial charge in [-0.25, -0.2) is 9.47 Å². The minimum atomic E-state index is -0.559. The van der Waals surface area contributed by atoms with Crippen LogP contribution in [-0.4, -0.2) is 9.66 Å². The predicted octanol–water partition coefficient (Wildman–Crippen LogP) is 3.61. The molecule has 0 amide bonds. The average Bonchev–Trinajstić information content (AvgIpc) is 2.35. The van der Waals surface area contributed by atoms with E-state index in [0.29, 0.717) is 5.02 Å². The summed E-state index contributed by atoms with van der Waals surface area (Å²) in [7, 11) is 0. The highest BCUT2D eigenvalue weighted by atomic mass is 35.5. The second-order valence-electron chi connectivity index (χ2n) is 3.64. The van der Waals surface area contributed by atoms with Crippen LogP contribution >= 0.6 is 47.0 Å². The van der Waals surface area contributed by atoms with E-state index in [-0.39, 0.29) is 25.9 Å². The van der Waals surface area contributed by atoms with Crippen molar-refractivity contribution in [2.75, 3.05) is 5.43 Å². The van der Waals surface area contributed by atoms with Crippen molar-refractivity contribution >= 4 is 52.7 Å². The van der Waals surface area contributed by atoms with Gasteiger partial charge in [-0.2, -0.15) is 5.26 Å². The number of nitrogens with one attached hydrogen (secondary N) is 2. The number of H-pyrrole nitrogens is 1. The maximum Gasteiger partial charge on any atom is 0.345 e. The molecule has 0 aliphatic rings. The van der Waals surface area contributed by atoms with Crippen molar-refractivity contribution in [2.45, 2.75) is 0 Å². The van der Waals surface area contributed by atoms with E-state index in [2.05, 4.69) is 10.4 Å². The van der Waals surface area contributed by atoms with Crippen LogP contribution in [0.2, 0.25) is 15.1 Å². The van der Waals surface area contributed by atoms with Crippen LogP contribution in [0.4, 0.5) is 5.69 Å². The number of nitrogens with zero attached hydrogens (tertiary/aromatic N) is 2. The summed E-state index contributed by atoms with van der Waals surface area (Å²) in [5.41, 5.74) is 2.55. The minimum Gasteiger partial charge on any atom is -0.296 e. The molecule has 0 radical (unpaired) electrons. The lowest BCUT2D eigenvalue weighted by molar-refractivity contribution is 0.835. The number of anilines is 1. The summed E-state index contributed by atoms with van der Waals surface area (Å²) in [4.78, 5) is 14.1. The molecule has 0 spiro atoms. The second-order valence-corrected chi connectivity index (χ2v) is 5.30. The number of nitriles is 1. The maximum absolute atomic E-state index is 11.8. The van der Waals surface area contributed by atoms with Gasteiger partial charge in [0.25, 0.3) is 0 Å². The lowest BCUT2D eigenvalue weighted by Gasteiger charge is -2.12. The molecule has 0 bridgehead atoms. The van der Waals surface area contributed by atoms with Gasteiger partial charge in [0, 0.05) is 5.02 Å². The first-order chi connectivity index (χ1) is 9.42. The largest absolute Gasteiger partial charge is 0.345 e. The first-order valence-electron chi connectivity index (χ1n) is 5.10. The predicted molar refractivity (Wildman–Crippen MR) is 81.1 cm³/mol. The SMILES string of the molecule is N#Cc1cn(Nc2c(Cl)cc(Cl)cc2Cl)c(=O)[nH]c1=S. The van der Waals surface area contributed by atoms with E-state index in [4.69, 9.17) is 52.3 Å². The van der Waals surface area contributed by atoms with Crippen LogP contribution in [0.3, 0.4) is 0 Å². The molecule has 1 aromatic carbocycles. The molecule has 102 valence electrons. The van der Waals surface area contributed by atoms with Crippen LogP contribution in [0.25, 0.3) is 0 Å². The van der Waals surface area contributed by atoms with Crippen LogP contribution < -0.4 is 11.1 Å². The fourth-order valence-corrected chi connectivity index (χ4v) is 2.49. The Bertz CT molecular complexity index is 814. The quantitative estimate of drug-likeness (QED) is 0.814. The summed E-state index contributed by atoms with van der Waals surface area (Å²) in [5, 5.41) is 9.72. The molecule has 0 unspecified atom stereocenters. The van der Waals surface area contributed by atoms with Gasteiger partial charge in [-0.3, -0.25) is 10.4 Å². The summed E-state index contributed by atoms with van der Waals surface area (Å²) in [6.07, 6.45) is 1.25. The lowest BCUT2D eigenvalue weighted by Crippen LogP contribution is -2.29. The zero-order valence-corrected chi connectivity index (χ0v) is 12.7. The Morgan fingerprint density at radius 1 is 1.30 bits per heavy atom. The fraction of sp³-hybridized carbons (Fsp3) is 0. The highest BCUT2D eigenvalue weighted by Crippen LogP contribution is 2.33. The number of benzene rings is 1. The lowest BCUT2D eigenvalue weighted by atomic mass is 10.3. The van der Waals surface area contributed by atoms with Crippen LogP contribution in [0, 0.1) is 16.0 Å². The topological polar surface area (TPSA) is 73.6 Å². The summed E-state index contributed by atoms with van der Waals surface area (Å²) in [6, 6.07) is 4.81. The molecular formula is C11H5Cl3N4OS. The molecular weight excluding hydrogens is 343 g/mol. The van der Waals surface area contributed by atoms with E-state index in [1.807, 2.05) is 6.07 Å². The Labute approximate surface area is 133 Å². The average molecular weight is 348 g/mol. The third-order valence-corrected chi connectivity index (χ3v) is 3.44. The summed E-state index contributed by atoms with van der Waals surface area (Å²) in [6.45, 7) is 0. The normalized spacial score (nSPS) is 10.1. The van der Waals surface area contributed by atoms with Gasteiger partial charge >= 0.3 is 5.69 Å². The van der Waals surface area contributed by atoms with Gasteiger partial charge < -0.3 is 0 Å². The van der Waals surface area contributed by atoms with E-state index in [9.17, 15) is 4.79 Å². The highest BCUT2D eigenvalue weighted by Gasteiger charge is 2.09. The number of aromatic amines is 1. The summed E-state index contributed by atoms with van der Waals surface area (Å²) in [5.74, 6) is 0. The first kappa shape index (κ1) is 14.9. The van der Waals surface area contributed by atoms with E-state index in [1.165, 1.54) is 18.3 Å². The van der Waals surface area contributed by atoms with E-state index in [0.717, 1.165) is 4.68 Å². The second kappa shape index (κ2) is 5.85. The number of rotatable bonds is 2. The van der Waals surface area contributed by atoms with E-state index in [1.54, 1.807) is 0 Å². The Kier molecular flexibility index (Phi) is 4.35. The van der Waals surface area contributed by atoms with Gasteiger partial charge in [-0.05, 0) is 12.1 Å². The van der Waals surface area contributed by atoms with Crippen molar-refractivity contribution in [1.29, 1.82) is 5.26 Å². The van der Waals surface area contributed by atoms with Gasteiger partial charge in [-0.15, -0.1) is 0 Å². The van der Waals surface area contributed by atoms with Crippen molar-refractivity contribution in [1.82, 2.24) is 9.66 Å². The zero-order valence-electron chi connectivity index (χ0n) is 9.58. The van der Waals surface area contributed by atoms with Gasteiger partial charge in [0.2, 0.25) is 0 Å². The van der Waals surface area contributed by atoms with Crippen molar-refractivity contribution in [2.24, 2.45) is 0 Å². The Hall–Kier alpha value is -1.52. The van der Waals surface area contributed by atoms with Crippen LogP contribution in [-0.2, 0) is 0 Å². The van der Waals surface area contributed by atoms with Gasteiger partial charge in [0.05, 0.1) is 21.9 Å². The molecule has 0 atom stereocenters. The molecule has 5 nitrogen and oxygen atoms in total. The molecule has 0 aliphatic heterocycles. The van der Waals surface area contributed by atoms with Crippen LogP contribution in [0.1, 0.15) is 5.56 Å². The highest BCUT2D eigenvalue weighted by molar-refractivity contribution is 7.71. The summed E-state index contributed by atoms with van der Waals surface area (Å²) < 4.78 is 1.08. The third-order valence-electron chi connectivity index (χ3n) is 2.30. The molecule has 9 heteroatoms. The number of halogens is 3. The van der Waals surface area contributed by atoms with Gasteiger partial charge in [-0.1, -0.05) is 47.0 Å². The Morgan fingerprint density at radius 2 is 1.90 bits per heavy atom. The Morgan fingerprint density at radius 3 is 2.45 bits per heavy atom. The van der Waals surface area contributed by atoms with E-state index < -0.39 is 5.69 Å². The molecule has 2 rings (SSSR count). The molecule has 20 heavy (non-hydrogen) atoms. The molecule has 0 saturated carbocycles. The van der Waals surface area contributed by atoms with Crippen molar-refractivity contribution in [3.63, 3.8) is 0 Å². The molecule has 2 aromatic rings. The standard InChI is InChI=1S/C11H5Cl3N4OS/c12-6-1-7(13)9(8(14)2-6)17-18-4-5(3-15)10(20)16-11(18)19/h1-2,4,17H,(H,16,19,20). The van der Waals surface area contributed by atoms with E-state index >= 15 is 0 Å². The minimum absolute atomic E-state index is 0.0591. The van der Waals surface area contributed by atoms with Crippen LogP contribution in [0.15, 0.2) is 23.1 Å². The monoisotopic (exact) mass is 346 g/mol. The van der Waals surface area contributed by atoms with Crippen LogP contribution in [0.5, 0.6) is 0 Å². The maximum atomic E-state index is 11.8. The molecule has 1 heterocycles. The molecule has 0 aliphatic carbocycles. The number of hydrogen-bond donors (Lipinski definition) is 2. The smallest absolute Gasteiger partial charge is 0.296 e. The molecule has 0 fully saturated rings. The third kappa shape index (κ3) is 2.97. The van der Waals surface area contributed by atoms with Gasteiger partial charge in [0.1, 0.15) is 16.3 Å². The Balaban J connectivity index is 2.54. The van der Waals surface area contributed by atoms with Crippen molar-refractivity contribution in [3.05, 3.63) is 54.1 Å². The molecule has 2 N–H and O–H groups in total. The van der Waals surface area contributed by atoms with Crippen molar-refractivity contribution in [3.8, 4) is 6.07 Å².